The molecule has 84 valence electrons. The SMILES string of the molecule is CC(O)CCCNCC(O)CC(=O)O. The summed E-state index contributed by atoms with van der Waals surface area (Å²) in [5, 5.41) is 29.3. The van der Waals surface area contributed by atoms with Gasteiger partial charge in [-0.2, -0.15) is 0 Å². The second-order valence-electron chi connectivity index (χ2n) is 3.45. The van der Waals surface area contributed by atoms with Crippen LogP contribution in [-0.2, 0) is 4.79 Å². The highest BCUT2D eigenvalue weighted by Crippen LogP contribution is 1.94. The second-order valence-corrected chi connectivity index (χ2v) is 3.45. The molecule has 0 heterocycles. The standard InChI is InChI=1S/C9H19NO4/c1-7(11)3-2-4-10-6-8(12)5-9(13)14/h7-8,10-12H,2-6H2,1H3,(H,13,14). The number of aliphatic hydroxyl groups is 2. The molecule has 2 atom stereocenters. The predicted octanol–water partition coefficient (Wildman–Crippen LogP) is -0.427. The summed E-state index contributed by atoms with van der Waals surface area (Å²) in [6.45, 7) is 2.69. The Kier molecular flexibility index (Phi) is 7.37. The number of nitrogens with one attached hydrogen (secondary N) is 1. The van der Waals surface area contributed by atoms with Gasteiger partial charge in [0.1, 0.15) is 0 Å². The van der Waals surface area contributed by atoms with Crippen LogP contribution in [0.15, 0.2) is 0 Å². The number of hydrogen-bond donors (Lipinski definition) is 4. The summed E-state index contributed by atoms with van der Waals surface area (Å²) < 4.78 is 0. The molecule has 0 radical (unpaired) electrons. The van der Waals surface area contributed by atoms with E-state index in [0.29, 0.717) is 13.0 Å². The number of carboxylic acids is 1. The normalized spacial score (nSPS) is 15.1. The minimum atomic E-state index is -0.997. The monoisotopic (exact) mass is 205 g/mol. The average molecular weight is 205 g/mol. The fourth-order valence-electron chi connectivity index (χ4n) is 1.06. The van der Waals surface area contributed by atoms with Gasteiger partial charge in [0.2, 0.25) is 0 Å². The Morgan fingerprint density at radius 2 is 2.07 bits per heavy atom. The molecule has 0 aliphatic carbocycles. The van der Waals surface area contributed by atoms with Gasteiger partial charge in [0, 0.05) is 6.54 Å². The van der Waals surface area contributed by atoms with Crippen molar-refractivity contribution < 1.29 is 20.1 Å². The van der Waals surface area contributed by atoms with Gasteiger partial charge in [-0.05, 0) is 26.3 Å². The Balaban J connectivity index is 3.23. The quantitative estimate of drug-likeness (QED) is 0.404. The Morgan fingerprint density at radius 3 is 2.57 bits per heavy atom. The number of carbonyl (C=O) groups is 1. The van der Waals surface area contributed by atoms with Crippen LogP contribution < -0.4 is 5.32 Å². The molecule has 0 saturated heterocycles. The third-order valence-corrected chi connectivity index (χ3v) is 1.77. The smallest absolute Gasteiger partial charge is 0.306 e. The van der Waals surface area contributed by atoms with Crippen LogP contribution in [0.4, 0.5) is 0 Å². The minimum absolute atomic E-state index is 0.233. The van der Waals surface area contributed by atoms with Crippen molar-refractivity contribution in [2.75, 3.05) is 13.1 Å². The van der Waals surface area contributed by atoms with Crippen LogP contribution in [0.1, 0.15) is 26.2 Å². The van der Waals surface area contributed by atoms with E-state index in [4.69, 9.17) is 15.3 Å². The maximum Gasteiger partial charge on any atom is 0.306 e. The number of hydrogen-bond acceptors (Lipinski definition) is 4. The second kappa shape index (κ2) is 7.73. The molecule has 0 aliphatic rings. The van der Waals surface area contributed by atoms with Crippen LogP contribution in [0, 0.1) is 0 Å². The van der Waals surface area contributed by atoms with Gasteiger partial charge in [0.15, 0.2) is 0 Å². The zero-order valence-corrected chi connectivity index (χ0v) is 8.44. The first-order valence-corrected chi connectivity index (χ1v) is 4.81. The van der Waals surface area contributed by atoms with E-state index in [2.05, 4.69) is 5.32 Å². The highest BCUT2D eigenvalue weighted by molar-refractivity contribution is 5.67. The van der Waals surface area contributed by atoms with E-state index in [1.165, 1.54) is 0 Å². The van der Waals surface area contributed by atoms with Gasteiger partial charge in [-0.1, -0.05) is 0 Å². The molecule has 0 fully saturated rings. The first kappa shape index (κ1) is 13.4. The molecule has 0 aliphatic heterocycles. The summed E-state index contributed by atoms with van der Waals surface area (Å²) in [5.41, 5.74) is 0. The Hall–Kier alpha value is -0.650. The number of aliphatic carboxylic acids is 1. The number of carboxylic acid groups (broad SMARTS) is 1. The van der Waals surface area contributed by atoms with Crippen molar-refractivity contribution in [1.29, 1.82) is 0 Å². The van der Waals surface area contributed by atoms with Crippen LogP contribution in [0.5, 0.6) is 0 Å². The van der Waals surface area contributed by atoms with Gasteiger partial charge in [0.25, 0.3) is 0 Å². The average Bonchev–Trinajstić information content (AvgIpc) is 2.01. The van der Waals surface area contributed by atoms with Crippen molar-refractivity contribution in [2.45, 2.75) is 38.4 Å². The van der Waals surface area contributed by atoms with E-state index in [1.54, 1.807) is 6.92 Å². The molecule has 0 aromatic carbocycles. The van der Waals surface area contributed by atoms with E-state index in [1.807, 2.05) is 0 Å². The first-order valence-electron chi connectivity index (χ1n) is 4.81. The van der Waals surface area contributed by atoms with Crippen molar-refractivity contribution in [3.8, 4) is 0 Å². The molecule has 5 nitrogen and oxygen atoms in total. The summed E-state index contributed by atoms with van der Waals surface area (Å²) in [6.07, 6.45) is 0.155. The molecular weight excluding hydrogens is 186 g/mol. The zero-order valence-electron chi connectivity index (χ0n) is 8.44. The lowest BCUT2D eigenvalue weighted by molar-refractivity contribution is -0.139. The lowest BCUT2D eigenvalue weighted by atomic mass is 10.2. The maximum absolute atomic E-state index is 10.2. The topological polar surface area (TPSA) is 89.8 Å². The van der Waals surface area contributed by atoms with Gasteiger partial charge in [-0.15, -0.1) is 0 Å². The predicted molar refractivity (Wildman–Crippen MR) is 52.0 cm³/mol. The molecule has 14 heavy (non-hydrogen) atoms. The van der Waals surface area contributed by atoms with Gasteiger partial charge < -0.3 is 20.6 Å². The molecule has 0 amide bonds. The summed E-state index contributed by atoms with van der Waals surface area (Å²) in [6, 6.07) is 0. The molecule has 0 rings (SSSR count). The highest BCUT2D eigenvalue weighted by atomic mass is 16.4. The molecule has 0 aromatic heterocycles. The lowest BCUT2D eigenvalue weighted by Crippen LogP contribution is -2.29. The lowest BCUT2D eigenvalue weighted by Gasteiger charge is -2.09. The Bertz CT molecular complexity index is 161. The van der Waals surface area contributed by atoms with Crippen molar-refractivity contribution in [3.05, 3.63) is 0 Å². The Labute approximate surface area is 83.8 Å². The van der Waals surface area contributed by atoms with E-state index in [9.17, 15) is 4.79 Å². The van der Waals surface area contributed by atoms with E-state index in [0.717, 1.165) is 6.42 Å². The molecular formula is C9H19NO4. The van der Waals surface area contributed by atoms with Crippen LogP contribution in [-0.4, -0.2) is 46.6 Å². The molecule has 2 unspecified atom stereocenters. The van der Waals surface area contributed by atoms with Crippen molar-refractivity contribution >= 4 is 5.97 Å². The third-order valence-electron chi connectivity index (χ3n) is 1.77. The number of rotatable bonds is 8. The van der Waals surface area contributed by atoms with E-state index < -0.39 is 12.1 Å². The van der Waals surface area contributed by atoms with E-state index in [-0.39, 0.29) is 19.1 Å². The van der Waals surface area contributed by atoms with Gasteiger partial charge >= 0.3 is 5.97 Å². The third kappa shape index (κ3) is 9.44. The van der Waals surface area contributed by atoms with Crippen LogP contribution in [0.2, 0.25) is 0 Å². The molecule has 0 saturated carbocycles. The maximum atomic E-state index is 10.2. The highest BCUT2D eigenvalue weighted by Gasteiger charge is 2.08. The number of aliphatic hydroxyl groups excluding tert-OH is 2. The van der Waals surface area contributed by atoms with Gasteiger partial charge in [-0.3, -0.25) is 4.79 Å². The van der Waals surface area contributed by atoms with Crippen LogP contribution in [0.3, 0.4) is 0 Å². The van der Waals surface area contributed by atoms with Crippen LogP contribution in [0.25, 0.3) is 0 Å². The Morgan fingerprint density at radius 1 is 1.43 bits per heavy atom. The first-order chi connectivity index (χ1) is 6.52. The zero-order chi connectivity index (χ0) is 11.0. The summed E-state index contributed by atoms with van der Waals surface area (Å²) in [7, 11) is 0. The summed E-state index contributed by atoms with van der Waals surface area (Å²) in [4.78, 5) is 10.2. The fourth-order valence-corrected chi connectivity index (χ4v) is 1.06. The van der Waals surface area contributed by atoms with E-state index >= 15 is 0 Å². The summed E-state index contributed by atoms with van der Waals surface area (Å²) in [5.74, 6) is -0.997. The van der Waals surface area contributed by atoms with Crippen LogP contribution >= 0.6 is 0 Å². The van der Waals surface area contributed by atoms with Crippen molar-refractivity contribution in [3.63, 3.8) is 0 Å². The van der Waals surface area contributed by atoms with Crippen molar-refractivity contribution in [1.82, 2.24) is 5.32 Å². The molecule has 5 heteroatoms. The van der Waals surface area contributed by atoms with Gasteiger partial charge in [-0.25, -0.2) is 0 Å². The fraction of sp³-hybridized carbons (Fsp3) is 0.889. The molecule has 4 N–H and O–H groups in total. The molecule has 0 aromatic rings. The van der Waals surface area contributed by atoms with Crippen molar-refractivity contribution in [2.24, 2.45) is 0 Å². The largest absolute Gasteiger partial charge is 0.481 e. The van der Waals surface area contributed by atoms with Gasteiger partial charge in [0.05, 0.1) is 18.6 Å². The minimum Gasteiger partial charge on any atom is -0.481 e. The summed E-state index contributed by atoms with van der Waals surface area (Å²) >= 11 is 0. The molecule has 0 bridgehead atoms. The molecule has 0 spiro atoms.